The normalized spacial score (nSPS) is 10.9. The zero-order chi connectivity index (χ0) is 13.8. The van der Waals surface area contributed by atoms with Gasteiger partial charge in [0, 0.05) is 33.8 Å². The second-order valence-corrected chi connectivity index (χ2v) is 4.51. The molecule has 98 valence electrons. The van der Waals surface area contributed by atoms with Crippen molar-refractivity contribution in [1.29, 1.82) is 0 Å². The number of hydrogen-bond acceptors (Lipinski definition) is 2. The average Bonchev–Trinajstić information content (AvgIpc) is 2.26. The summed E-state index contributed by atoms with van der Waals surface area (Å²) in [5, 5.41) is 4.40. The molecule has 0 saturated heterocycles. The molecule has 0 bridgehead atoms. The van der Waals surface area contributed by atoms with E-state index in [0.29, 0.717) is 15.8 Å². The van der Waals surface area contributed by atoms with E-state index in [2.05, 4.69) is 5.16 Å². The molecule has 2 rings (SSSR count). The Labute approximate surface area is 118 Å². The second kappa shape index (κ2) is 5.99. The minimum absolute atomic E-state index is 0.241. The first-order chi connectivity index (χ1) is 9.02. The largest absolute Gasteiger partial charge is 0.357 e. The summed E-state index contributed by atoms with van der Waals surface area (Å²) in [7, 11) is 0. The quantitative estimate of drug-likeness (QED) is 0.595. The highest BCUT2D eigenvalue weighted by molar-refractivity contribution is 6.34. The molecular formula is C13H7Cl2F2NO. The van der Waals surface area contributed by atoms with Gasteiger partial charge in [-0.15, -0.1) is 0 Å². The fourth-order valence-corrected chi connectivity index (χ4v) is 1.89. The van der Waals surface area contributed by atoms with Crippen LogP contribution in [0.4, 0.5) is 8.78 Å². The molecule has 0 aliphatic carbocycles. The lowest BCUT2D eigenvalue weighted by molar-refractivity contribution is 0.344. The third-order valence-electron chi connectivity index (χ3n) is 2.08. The van der Waals surface area contributed by atoms with Gasteiger partial charge in [-0.05, 0) is 18.2 Å². The van der Waals surface area contributed by atoms with Gasteiger partial charge < -0.3 is 4.84 Å². The SMILES string of the molecule is Fc1cc(F)cc(/C=N/Oc2cc(Cl)cc(Cl)c2)c1. The van der Waals surface area contributed by atoms with Gasteiger partial charge in [0.2, 0.25) is 0 Å². The number of rotatable bonds is 3. The van der Waals surface area contributed by atoms with Gasteiger partial charge >= 0.3 is 0 Å². The molecule has 0 atom stereocenters. The molecule has 0 aromatic heterocycles. The van der Waals surface area contributed by atoms with Crippen molar-refractivity contribution in [3.05, 3.63) is 63.6 Å². The van der Waals surface area contributed by atoms with Crippen molar-refractivity contribution in [3.8, 4) is 5.75 Å². The van der Waals surface area contributed by atoms with Crippen LogP contribution in [-0.4, -0.2) is 6.21 Å². The van der Waals surface area contributed by atoms with Gasteiger partial charge in [0.05, 0.1) is 6.21 Å². The zero-order valence-electron chi connectivity index (χ0n) is 9.41. The first kappa shape index (κ1) is 13.8. The smallest absolute Gasteiger partial charge is 0.160 e. The van der Waals surface area contributed by atoms with Crippen molar-refractivity contribution in [3.63, 3.8) is 0 Å². The highest BCUT2D eigenvalue weighted by atomic mass is 35.5. The first-order valence-corrected chi connectivity index (χ1v) is 5.91. The summed E-state index contributed by atoms with van der Waals surface area (Å²) in [4.78, 5) is 5.01. The Bertz CT molecular complexity index is 592. The van der Waals surface area contributed by atoms with Gasteiger partial charge in [-0.2, -0.15) is 0 Å². The fourth-order valence-electron chi connectivity index (χ4n) is 1.38. The van der Waals surface area contributed by atoms with Crippen LogP contribution in [0.5, 0.6) is 5.75 Å². The summed E-state index contributed by atoms with van der Waals surface area (Å²) in [6.45, 7) is 0. The van der Waals surface area contributed by atoms with Crippen LogP contribution in [-0.2, 0) is 0 Å². The van der Waals surface area contributed by atoms with Crippen LogP contribution in [0.1, 0.15) is 5.56 Å². The van der Waals surface area contributed by atoms with Crippen molar-refractivity contribution in [2.75, 3.05) is 0 Å². The molecular weight excluding hydrogens is 295 g/mol. The molecule has 0 amide bonds. The average molecular weight is 302 g/mol. The Kier molecular flexibility index (Phi) is 4.35. The molecule has 0 radical (unpaired) electrons. The lowest BCUT2D eigenvalue weighted by Crippen LogP contribution is -1.90. The molecule has 2 aromatic rings. The maximum absolute atomic E-state index is 12.9. The maximum atomic E-state index is 12.9. The first-order valence-electron chi connectivity index (χ1n) is 5.15. The molecule has 19 heavy (non-hydrogen) atoms. The Morgan fingerprint density at radius 2 is 1.47 bits per heavy atom. The molecule has 0 saturated carbocycles. The van der Waals surface area contributed by atoms with E-state index in [1.165, 1.54) is 18.3 Å². The topological polar surface area (TPSA) is 21.6 Å². The number of nitrogens with zero attached hydrogens (tertiary/aromatic N) is 1. The van der Waals surface area contributed by atoms with Gasteiger partial charge in [-0.3, -0.25) is 0 Å². The minimum atomic E-state index is -0.688. The van der Waals surface area contributed by atoms with Gasteiger partial charge in [0.1, 0.15) is 11.6 Å². The van der Waals surface area contributed by atoms with Gasteiger partial charge in [0.25, 0.3) is 0 Å². The van der Waals surface area contributed by atoms with Gasteiger partial charge in [-0.1, -0.05) is 28.4 Å². The molecule has 0 spiro atoms. The number of benzene rings is 2. The van der Waals surface area contributed by atoms with Crippen LogP contribution in [0.25, 0.3) is 0 Å². The van der Waals surface area contributed by atoms with Crippen LogP contribution in [0.3, 0.4) is 0 Å². The Hall–Kier alpha value is -1.65. The van der Waals surface area contributed by atoms with Crippen LogP contribution < -0.4 is 4.84 Å². The molecule has 2 nitrogen and oxygen atoms in total. The van der Waals surface area contributed by atoms with Crippen molar-refractivity contribution < 1.29 is 13.6 Å². The zero-order valence-corrected chi connectivity index (χ0v) is 10.9. The molecule has 0 aliphatic heterocycles. The van der Waals surface area contributed by atoms with Crippen molar-refractivity contribution in [2.45, 2.75) is 0 Å². The van der Waals surface area contributed by atoms with Gasteiger partial charge in [0.15, 0.2) is 5.75 Å². The van der Waals surface area contributed by atoms with Crippen molar-refractivity contribution in [1.82, 2.24) is 0 Å². The molecule has 0 aliphatic rings. The predicted molar refractivity (Wildman–Crippen MR) is 71.0 cm³/mol. The van der Waals surface area contributed by atoms with Crippen LogP contribution in [0, 0.1) is 11.6 Å². The van der Waals surface area contributed by atoms with E-state index in [-0.39, 0.29) is 5.56 Å². The molecule has 0 N–H and O–H groups in total. The monoisotopic (exact) mass is 301 g/mol. The van der Waals surface area contributed by atoms with E-state index in [4.69, 9.17) is 28.0 Å². The Balaban J connectivity index is 2.11. The summed E-state index contributed by atoms with van der Waals surface area (Å²) in [5.41, 5.74) is 0.241. The van der Waals surface area contributed by atoms with Crippen LogP contribution in [0.2, 0.25) is 10.0 Å². The summed E-state index contributed by atoms with van der Waals surface area (Å²) < 4.78 is 25.8. The number of oxime groups is 1. The summed E-state index contributed by atoms with van der Waals surface area (Å²) in [6, 6.07) is 7.59. The highest BCUT2D eigenvalue weighted by Crippen LogP contribution is 2.24. The molecule has 0 unspecified atom stereocenters. The fraction of sp³-hybridized carbons (Fsp3) is 0. The second-order valence-electron chi connectivity index (χ2n) is 3.63. The van der Waals surface area contributed by atoms with Crippen molar-refractivity contribution in [2.24, 2.45) is 5.16 Å². The highest BCUT2D eigenvalue weighted by Gasteiger charge is 2.00. The molecule has 6 heteroatoms. The summed E-state index contributed by atoms with van der Waals surface area (Å²) in [5.74, 6) is -1.05. The number of hydrogen-bond donors (Lipinski definition) is 0. The van der Waals surface area contributed by atoms with Crippen LogP contribution >= 0.6 is 23.2 Å². The molecule has 0 heterocycles. The Morgan fingerprint density at radius 3 is 2.05 bits per heavy atom. The molecule has 0 fully saturated rings. The summed E-state index contributed by atoms with van der Waals surface area (Å²) >= 11 is 11.5. The minimum Gasteiger partial charge on any atom is -0.357 e. The van der Waals surface area contributed by atoms with E-state index in [1.54, 1.807) is 6.07 Å². The third-order valence-corrected chi connectivity index (χ3v) is 2.52. The lowest BCUT2D eigenvalue weighted by Gasteiger charge is -2.00. The van der Waals surface area contributed by atoms with Gasteiger partial charge in [-0.25, -0.2) is 8.78 Å². The lowest BCUT2D eigenvalue weighted by atomic mass is 10.2. The third kappa shape index (κ3) is 4.19. The van der Waals surface area contributed by atoms with E-state index < -0.39 is 11.6 Å². The predicted octanol–water partition coefficient (Wildman–Crippen LogP) is 4.68. The van der Waals surface area contributed by atoms with Crippen LogP contribution in [0.15, 0.2) is 41.6 Å². The molecule has 2 aromatic carbocycles. The Morgan fingerprint density at radius 1 is 0.895 bits per heavy atom. The standard InChI is InChI=1S/C13H7Cl2F2NO/c14-9-3-10(15)5-13(4-9)19-18-7-8-1-11(16)6-12(17)2-8/h1-7H/b18-7+. The van der Waals surface area contributed by atoms with E-state index >= 15 is 0 Å². The maximum Gasteiger partial charge on any atom is 0.160 e. The van der Waals surface area contributed by atoms with Crippen molar-refractivity contribution >= 4 is 29.4 Å². The van der Waals surface area contributed by atoms with E-state index in [1.807, 2.05) is 0 Å². The summed E-state index contributed by atoms with van der Waals surface area (Å²) in [6.07, 6.45) is 1.18. The van der Waals surface area contributed by atoms with E-state index in [9.17, 15) is 8.78 Å². The number of halogens is 4. The van der Waals surface area contributed by atoms with E-state index in [0.717, 1.165) is 18.2 Å².